The molecule has 0 aromatic carbocycles. The minimum absolute atomic E-state index is 0.251. The third-order valence-corrected chi connectivity index (χ3v) is 5.71. The number of hydrogen-bond acceptors (Lipinski definition) is 3. The van der Waals surface area contributed by atoms with Crippen molar-refractivity contribution in [3.63, 3.8) is 0 Å². The standard InChI is InChI=1S/C13H25NOS/c1-11(2)5-3-7-13(15,9-11)12(14)6-4-8-16-10-12/h15H,3-10,14H2,1-2H3. The summed E-state index contributed by atoms with van der Waals surface area (Å²) in [5.74, 6) is 2.14. The molecule has 1 aliphatic heterocycles. The summed E-state index contributed by atoms with van der Waals surface area (Å²) >= 11 is 1.91. The molecule has 2 nitrogen and oxygen atoms in total. The average molecular weight is 243 g/mol. The molecule has 2 atom stereocenters. The van der Waals surface area contributed by atoms with Crippen molar-refractivity contribution < 1.29 is 5.11 Å². The van der Waals surface area contributed by atoms with E-state index in [0.29, 0.717) is 0 Å². The lowest BCUT2D eigenvalue weighted by Crippen LogP contribution is -2.65. The van der Waals surface area contributed by atoms with Crippen molar-refractivity contribution >= 4 is 11.8 Å². The predicted molar refractivity (Wildman–Crippen MR) is 70.7 cm³/mol. The SMILES string of the molecule is CC1(C)CCCC(O)(C2(N)CCCSC2)C1. The van der Waals surface area contributed by atoms with Gasteiger partial charge in [-0.25, -0.2) is 0 Å². The summed E-state index contributed by atoms with van der Waals surface area (Å²) < 4.78 is 0. The second-order valence-corrected chi connectivity index (χ2v) is 7.64. The average Bonchev–Trinajstić information content (AvgIpc) is 2.16. The van der Waals surface area contributed by atoms with Gasteiger partial charge in [0.05, 0.1) is 11.1 Å². The fourth-order valence-electron chi connectivity index (χ4n) is 3.44. The van der Waals surface area contributed by atoms with Crippen LogP contribution in [0.4, 0.5) is 0 Å². The molecule has 0 amide bonds. The Morgan fingerprint density at radius 2 is 1.88 bits per heavy atom. The largest absolute Gasteiger partial charge is 0.388 e. The van der Waals surface area contributed by atoms with E-state index in [-0.39, 0.29) is 11.0 Å². The number of aliphatic hydroxyl groups is 1. The van der Waals surface area contributed by atoms with Gasteiger partial charge in [-0.2, -0.15) is 11.8 Å². The first-order valence-electron chi connectivity index (χ1n) is 6.46. The van der Waals surface area contributed by atoms with Crippen LogP contribution >= 0.6 is 11.8 Å². The van der Waals surface area contributed by atoms with E-state index >= 15 is 0 Å². The molecule has 2 unspecified atom stereocenters. The van der Waals surface area contributed by atoms with E-state index in [9.17, 15) is 5.11 Å². The zero-order valence-electron chi connectivity index (χ0n) is 10.6. The smallest absolute Gasteiger partial charge is 0.0839 e. The van der Waals surface area contributed by atoms with Crippen molar-refractivity contribution in [2.24, 2.45) is 11.1 Å². The fraction of sp³-hybridized carbons (Fsp3) is 1.00. The topological polar surface area (TPSA) is 46.2 Å². The van der Waals surface area contributed by atoms with Crippen LogP contribution in [0.25, 0.3) is 0 Å². The molecule has 3 heteroatoms. The summed E-state index contributed by atoms with van der Waals surface area (Å²) in [4.78, 5) is 0. The molecule has 0 radical (unpaired) electrons. The summed E-state index contributed by atoms with van der Waals surface area (Å²) in [5, 5.41) is 11.0. The Morgan fingerprint density at radius 1 is 1.12 bits per heavy atom. The highest BCUT2D eigenvalue weighted by Gasteiger charge is 2.51. The molecule has 1 saturated carbocycles. The molecule has 0 spiro atoms. The monoisotopic (exact) mass is 243 g/mol. The number of thioether (sulfide) groups is 1. The highest BCUT2D eigenvalue weighted by molar-refractivity contribution is 7.99. The number of hydrogen-bond donors (Lipinski definition) is 2. The second-order valence-electron chi connectivity index (χ2n) is 6.54. The Bertz CT molecular complexity index is 261. The summed E-state index contributed by atoms with van der Waals surface area (Å²) in [6.45, 7) is 4.52. The molecule has 3 N–H and O–H groups in total. The molecule has 2 rings (SSSR count). The first-order chi connectivity index (χ1) is 7.37. The van der Waals surface area contributed by atoms with Gasteiger partial charge in [-0.15, -0.1) is 0 Å². The number of rotatable bonds is 1. The minimum atomic E-state index is -0.623. The highest BCUT2D eigenvalue weighted by Crippen LogP contribution is 2.48. The van der Waals surface area contributed by atoms with Crippen molar-refractivity contribution in [3.8, 4) is 0 Å². The molecule has 2 aliphatic rings. The third-order valence-electron chi connectivity index (χ3n) is 4.41. The van der Waals surface area contributed by atoms with E-state index < -0.39 is 5.60 Å². The summed E-state index contributed by atoms with van der Waals surface area (Å²) in [6.07, 6.45) is 6.26. The fourth-order valence-corrected chi connectivity index (χ4v) is 4.71. The lowest BCUT2D eigenvalue weighted by molar-refractivity contribution is -0.0919. The highest BCUT2D eigenvalue weighted by atomic mass is 32.2. The van der Waals surface area contributed by atoms with Crippen molar-refractivity contribution in [2.45, 2.75) is 63.5 Å². The first kappa shape index (κ1) is 12.7. The minimum Gasteiger partial charge on any atom is -0.388 e. The van der Waals surface area contributed by atoms with E-state index in [0.717, 1.165) is 37.9 Å². The van der Waals surface area contributed by atoms with Gasteiger partial charge < -0.3 is 10.8 Å². The molecule has 0 bridgehead atoms. The van der Waals surface area contributed by atoms with E-state index in [1.165, 1.54) is 12.2 Å². The normalized spacial score (nSPS) is 44.2. The maximum Gasteiger partial charge on any atom is 0.0839 e. The van der Waals surface area contributed by atoms with Crippen LogP contribution in [-0.2, 0) is 0 Å². The van der Waals surface area contributed by atoms with E-state index in [4.69, 9.17) is 5.73 Å². The molecule has 1 aliphatic carbocycles. The van der Waals surface area contributed by atoms with Crippen LogP contribution in [0.3, 0.4) is 0 Å². The Balaban J connectivity index is 2.16. The van der Waals surface area contributed by atoms with Gasteiger partial charge in [-0.3, -0.25) is 0 Å². The molecular weight excluding hydrogens is 218 g/mol. The van der Waals surface area contributed by atoms with Crippen LogP contribution in [0.2, 0.25) is 0 Å². The van der Waals surface area contributed by atoms with Crippen LogP contribution in [0.15, 0.2) is 0 Å². The van der Waals surface area contributed by atoms with Gasteiger partial charge in [-0.1, -0.05) is 13.8 Å². The van der Waals surface area contributed by atoms with Crippen LogP contribution in [-0.4, -0.2) is 27.8 Å². The summed E-state index contributed by atoms with van der Waals surface area (Å²) in [5.41, 5.74) is 5.81. The molecular formula is C13H25NOS. The van der Waals surface area contributed by atoms with Crippen molar-refractivity contribution in [2.75, 3.05) is 11.5 Å². The molecule has 94 valence electrons. The summed E-state index contributed by atoms with van der Waals surface area (Å²) in [6, 6.07) is 0. The van der Waals surface area contributed by atoms with Gasteiger partial charge in [-0.05, 0) is 49.7 Å². The lowest BCUT2D eigenvalue weighted by Gasteiger charge is -2.52. The van der Waals surface area contributed by atoms with E-state index in [1.54, 1.807) is 0 Å². The van der Waals surface area contributed by atoms with E-state index in [1.807, 2.05) is 11.8 Å². The Hall–Kier alpha value is 0.270. The molecule has 1 saturated heterocycles. The zero-order chi connectivity index (χ0) is 11.9. The van der Waals surface area contributed by atoms with Crippen LogP contribution in [0.1, 0.15) is 52.4 Å². The van der Waals surface area contributed by atoms with Gasteiger partial charge in [0.1, 0.15) is 0 Å². The molecule has 1 heterocycles. The zero-order valence-corrected chi connectivity index (χ0v) is 11.4. The predicted octanol–water partition coefficient (Wildman–Crippen LogP) is 2.54. The maximum absolute atomic E-state index is 11.0. The van der Waals surface area contributed by atoms with Gasteiger partial charge in [0, 0.05) is 5.75 Å². The summed E-state index contributed by atoms with van der Waals surface area (Å²) in [7, 11) is 0. The lowest BCUT2D eigenvalue weighted by atomic mass is 9.62. The maximum atomic E-state index is 11.0. The third kappa shape index (κ3) is 2.27. The van der Waals surface area contributed by atoms with E-state index in [2.05, 4.69) is 13.8 Å². The van der Waals surface area contributed by atoms with Gasteiger partial charge in [0.25, 0.3) is 0 Å². The van der Waals surface area contributed by atoms with Crippen molar-refractivity contribution in [3.05, 3.63) is 0 Å². The van der Waals surface area contributed by atoms with Gasteiger partial charge in [0.15, 0.2) is 0 Å². The van der Waals surface area contributed by atoms with Crippen LogP contribution < -0.4 is 5.73 Å². The molecule has 2 fully saturated rings. The second kappa shape index (κ2) is 4.18. The number of nitrogens with two attached hydrogens (primary N) is 1. The van der Waals surface area contributed by atoms with Crippen LogP contribution in [0.5, 0.6) is 0 Å². The molecule has 16 heavy (non-hydrogen) atoms. The molecule has 0 aromatic rings. The Kier molecular flexibility index (Phi) is 3.32. The van der Waals surface area contributed by atoms with Gasteiger partial charge >= 0.3 is 0 Å². The van der Waals surface area contributed by atoms with Crippen LogP contribution in [0, 0.1) is 5.41 Å². The quantitative estimate of drug-likeness (QED) is 0.744. The Morgan fingerprint density at radius 3 is 2.44 bits per heavy atom. The van der Waals surface area contributed by atoms with Crippen molar-refractivity contribution in [1.82, 2.24) is 0 Å². The van der Waals surface area contributed by atoms with Crippen molar-refractivity contribution in [1.29, 1.82) is 0 Å². The molecule has 0 aromatic heterocycles. The van der Waals surface area contributed by atoms with Gasteiger partial charge in [0.2, 0.25) is 0 Å². The first-order valence-corrected chi connectivity index (χ1v) is 7.62. The Labute approximate surface area is 103 Å².